The molecule has 0 atom stereocenters. The summed E-state index contributed by atoms with van der Waals surface area (Å²) >= 11 is 1.40. The van der Waals surface area contributed by atoms with E-state index in [1.165, 1.54) is 11.3 Å². The Bertz CT molecular complexity index is 1410. The van der Waals surface area contributed by atoms with Crippen molar-refractivity contribution in [1.29, 1.82) is 0 Å². The van der Waals surface area contributed by atoms with Crippen LogP contribution in [0.25, 0.3) is 10.2 Å². The lowest BCUT2D eigenvalue weighted by Gasteiger charge is -2.08. The van der Waals surface area contributed by atoms with Crippen LogP contribution in [0.15, 0.2) is 48.5 Å². The van der Waals surface area contributed by atoms with E-state index in [0.29, 0.717) is 34.3 Å². The molecule has 178 valence electrons. The van der Waals surface area contributed by atoms with Crippen molar-refractivity contribution in [3.8, 4) is 5.75 Å². The van der Waals surface area contributed by atoms with Crippen LogP contribution in [0.1, 0.15) is 62.8 Å². The van der Waals surface area contributed by atoms with E-state index in [9.17, 15) is 9.59 Å². The van der Waals surface area contributed by atoms with E-state index in [1.54, 1.807) is 36.4 Å². The monoisotopic (exact) mass is 486 g/mol. The molecule has 0 aliphatic heterocycles. The number of nitrogens with one attached hydrogen (secondary N) is 2. The lowest BCUT2D eigenvalue weighted by molar-refractivity contribution is 0.102. The highest BCUT2D eigenvalue weighted by atomic mass is 32.1. The molecule has 0 spiro atoms. The summed E-state index contributed by atoms with van der Waals surface area (Å²) in [4.78, 5) is 36.5. The summed E-state index contributed by atoms with van der Waals surface area (Å²) in [7, 11) is 0. The highest BCUT2D eigenvalue weighted by Gasteiger charge is 2.28. The lowest BCUT2D eigenvalue weighted by Crippen LogP contribution is -2.13. The van der Waals surface area contributed by atoms with Crippen molar-refractivity contribution >= 4 is 44.7 Å². The first kappa shape index (κ1) is 23.0. The summed E-state index contributed by atoms with van der Waals surface area (Å²) in [6.45, 7) is 6.43. The zero-order valence-electron chi connectivity index (χ0n) is 19.8. The van der Waals surface area contributed by atoms with E-state index in [-0.39, 0.29) is 11.8 Å². The van der Waals surface area contributed by atoms with Gasteiger partial charge < -0.3 is 15.4 Å². The fourth-order valence-electron chi connectivity index (χ4n) is 4.00. The fraction of sp³-hybridized carbons (Fsp3) is 0.259. The van der Waals surface area contributed by atoms with Crippen LogP contribution in [0.2, 0.25) is 0 Å². The predicted octanol–water partition coefficient (Wildman–Crippen LogP) is 6.09. The van der Waals surface area contributed by atoms with Crippen molar-refractivity contribution in [3.05, 3.63) is 76.1 Å². The average molecular weight is 487 g/mol. The highest BCUT2D eigenvalue weighted by Crippen LogP contribution is 2.40. The van der Waals surface area contributed by atoms with Crippen molar-refractivity contribution in [2.75, 3.05) is 17.2 Å². The predicted molar refractivity (Wildman–Crippen MR) is 139 cm³/mol. The number of hydrogen-bond donors (Lipinski definition) is 2. The number of carbonyl (C=O) groups is 2. The van der Waals surface area contributed by atoms with Gasteiger partial charge in [0.25, 0.3) is 11.8 Å². The van der Waals surface area contributed by atoms with Crippen molar-refractivity contribution in [2.45, 2.75) is 39.5 Å². The molecule has 1 fully saturated rings. The SMILES string of the molecule is CCOc1ccc(NC(=O)c2ccc(NC(=O)c3sc4nc(C5CC5)nc(C)c4c3C)cc2)cc1. The molecule has 5 rings (SSSR count). The molecule has 8 heteroatoms. The minimum absolute atomic E-state index is 0.190. The van der Waals surface area contributed by atoms with Crippen LogP contribution in [-0.2, 0) is 0 Å². The third kappa shape index (κ3) is 4.88. The second-order valence-corrected chi connectivity index (χ2v) is 9.62. The van der Waals surface area contributed by atoms with Crippen LogP contribution < -0.4 is 15.4 Å². The van der Waals surface area contributed by atoms with Gasteiger partial charge in [-0.1, -0.05) is 0 Å². The number of anilines is 2. The number of aromatic nitrogens is 2. The summed E-state index contributed by atoms with van der Waals surface area (Å²) in [6.07, 6.45) is 2.27. The molecule has 1 aliphatic rings. The Morgan fingerprint density at radius 1 is 0.943 bits per heavy atom. The first-order valence-electron chi connectivity index (χ1n) is 11.7. The van der Waals surface area contributed by atoms with Gasteiger partial charge in [0.15, 0.2) is 0 Å². The Kier molecular flexibility index (Phi) is 6.21. The van der Waals surface area contributed by atoms with E-state index in [2.05, 4.69) is 15.6 Å². The standard InChI is InChI=1S/C27H26N4O3S/c1-4-34-21-13-11-20(12-14-21)29-25(32)18-7-9-19(10-8-18)30-26(33)23-15(2)22-16(3)28-24(17-5-6-17)31-27(22)35-23/h7-14,17H,4-6H2,1-3H3,(H,29,32)(H,30,33). The summed E-state index contributed by atoms with van der Waals surface area (Å²) in [5, 5.41) is 6.77. The van der Waals surface area contributed by atoms with E-state index in [0.717, 1.165) is 45.9 Å². The molecule has 1 saturated carbocycles. The summed E-state index contributed by atoms with van der Waals surface area (Å²) in [6, 6.07) is 14.0. The van der Waals surface area contributed by atoms with Crippen LogP contribution in [0.4, 0.5) is 11.4 Å². The Labute approximate surface area is 207 Å². The van der Waals surface area contributed by atoms with Crippen LogP contribution in [0, 0.1) is 13.8 Å². The van der Waals surface area contributed by atoms with Crippen LogP contribution in [0.5, 0.6) is 5.75 Å². The summed E-state index contributed by atoms with van der Waals surface area (Å²) < 4.78 is 5.42. The highest BCUT2D eigenvalue weighted by molar-refractivity contribution is 7.20. The normalized spacial score (nSPS) is 13.0. The number of benzene rings is 2. The van der Waals surface area contributed by atoms with Crippen molar-refractivity contribution in [2.24, 2.45) is 0 Å². The van der Waals surface area contributed by atoms with Crippen molar-refractivity contribution in [3.63, 3.8) is 0 Å². The first-order valence-corrected chi connectivity index (χ1v) is 12.5. The van der Waals surface area contributed by atoms with Gasteiger partial charge in [-0.15, -0.1) is 11.3 Å². The maximum atomic E-state index is 13.0. The number of nitrogens with zero attached hydrogens (tertiary/aromatic N) is 2. The molecule has 2 heterocycles. The van der Waals surface area contributed by atoms with Gasteiger partial charge in [0.1, 0.15) is 16.4 Å². The van der Waals surface area contributed by atoms with Gasteiger partial charge in [-0.05, 0) is 87.7 Å². The van der Waals surface area contributed by atoms with Gasteiger partial charge in [0.2, 0.25) is 0 Å². The van der Waals surface area contributed by atoms with E-state index in [4.69, 9.17) is 9.72 Å². The molecule has 0 saturated heterocycles. The number of amides is 2. The maximum absolute atomic E-state index is 13.0. The summed E-state index contributed by atoms with van der Waals surface area (Å²) in [5.74, 6) is 1.69. The maximum Gasteiger partial charge on any atom is 0.266 e. The Hall–Kier alpha value is -3.78. The molecule has 2 aromatic heterocycles. The molecule has 2 aromatic carbocycles. The number of ether oxygens (including phenoxy) is 1. The minimum Gasteiger partial charge on any atom is -0.494 e. The second kappa shape index (κ2) is 9.46. The molecule has 35 heavy (non-hydrogen) atoms. The minimum atomic E-state index is -0.229. The average Bonchev–Trinajstić information content (AvgIpc) is 3.64. The number of aryl methyl sites for hydroxylation is 2. The van der Waals surface area contributed by atoms with Gasteiger partial charge in [0.05, 0.1) is 17.2 Å². The Morgan fingerprint density at radius 3 is 2.20 bits per heavy atom. The number of carbonyl (C=O) groups excluding carboxylic acids is 2. The molecule has 0 bridgehead atoms. The van der Waals surface area contributed by atoms with Gasteiger partial charge in [-0.3, -0.25) is 9.59 Å². The molecule has 4 aromatic rings. The van der Waals surface area contributed by atoms with E-state index < -0.39 is 0 Å². The molecule has 7 nitrogen and oxygen atoms in total. The zero-order valence-corrected chi connectivity index (χ0v) is 20.7. The Morgan fingerprint density at radius 2 is 1.57 bits per heavy atom. The van der Waals surface area contributed by atoms with E-state index >= 15 is 0 Å². The Balaban J connectivity index is 1.27. The zero-order chi connectivity index (χ0) is 24.5. The molecule has 0 unspecified atom stereocenters. The van der Waals surface area contributed by atoms with Crippen LogP contribution >= 0.6 is 11.3 Å². The third-order valence-electron chi connectivity index (χ3n) is 5.97. The van der Waals surface area contributed by atoms with E-state index in [1.807, 2.05) is 32.9 Å². The largest absolute Gasteiger partial charge is 0.494 e. The molecular weight excluding hydrogens is 460 g/mol. The lowest BCUT2D eigenvalue weighted by atomic mass is 10.1. The number of fused-ring (bicyclic) bond motifs is 1. The van der Waals surface area contributed by atoms with Gasteiger partial charge in [-0.25, -0.2) is 9.97 Å². The first-order chi connectivity index (χ1) is 16.9. The van der Waals surface area contributed by atoms with Crippen LogP contribution in [-0.4, -0.2) is 28.4 Å². The third-order valence-corrected chi connectivity index (χ3v) is 7.15. The van der Waals surface area contributed by atoms with Crippen molar-refractivity contribution < 1.29 is 14.3 Å². The summed E-state index contributed by atoms with van der Waals surface area (Å²) in [5.41, 5.74) is 3.61. The molecule has 0 radical (unpaired) electrons. The molecule has 1 aliphatic carbocycles. The number of thiophene rings is 1. The molecular formula is C27H26N4O3S. The smallest absolute Gasteiger partial charge is 0.266 e. The van der Waals surface area contributed by atoms with Gasteiger partial charge >= 0.3 is 0 Å². The van der Waals surface area contributed by atoms with Gasteiger partial charge in [0, 0.05) is 28.2 Å². The second-order valence-electron chi connectivity index (χ2n) is 8.62. The topological polar surface area (TPSA) is 93.2 Å². The number of rotatable bonds is 7. The van der Waals surface area contributed by atoms with Crippen LogP contribution in [0.3, 0.4) is 0 Å². The molecule has 2 N–H and O–H groups in total. The quantitative estimate of drug-likeness (QED) is 0.330. The number of hydrogen-bond acceptors (Lipinski definition) is 6. The molecule has 2 amide bonds. The fourth-order valence-corrected chi connectivity index (χ4v) is 5.13. The van der Waals surface area contributed by atoms with Crippen molar-refractivity contribution in [1.82, 2.24) is 9.97 Å². The van der Waals surface area contributed by atoms with Gasteiger partial charge in [-0.2, -0.15) is 0 Å².